The zero-order valence-corrected chi connectivity index (χ0v) is 10.1. The second-order valence-corrected chi connectivity index (χ2v) is 3.99. The highest BCUT2D eigenvalue weighted by Gasteiger charge is 2.20. The predicted molar refractivity (Wildman–Crippen MR) is 70.1 cm³/mol. The van der Waals surface area contributed by atoms with Crippen molar-refractivity contribution in [3.05, 3.63) is 60.2 Å². The Morgan fingerprint density at radius 3 is 2.61 bits per heavy atom. The van der Waals surface area contributed by atoms with Crippen molar-refractivity contribution in [2.24, 2.45) is 0 Å². The van der Waals surface area contributed by atoms with Crippen LogP contribution in [0.3, 0.4) is 0 Å². The van der Waals surface area contributed by atoms with Gasteiger partial charge in [0.25, 0.3) is 0 Å². The topological polar surface area (TPSA) is 46.5 Å². The molecule has 0 radical (unpaired) electrons. The summed E-state index contributed by atoms with van der Waals surface area (Å²) in [6, 6.07) is 13.2. The molecule has 0 spiro atoms. The average Bonchev–Trinajstić information content (AvgIpc) is 2.44. The molecule has 1 atom stereocenters. The lowest BCUT2D eigenvalue weighted by molar-refractivity contribution is -0.137. The van der Waals surface area contributed by atoms with E-state index < -0.39 is 12.1 Å². The van der Waals surface area contributed by atoms with Gasteiger partial charge in [0.1, 0.15) is 6.10 Å². The van der Waals surface area contributed by atoms with Crippen LogP contribution in [0.5, 0.6) is 0 Å². The van der Waals surface area contributed by atoms with Gasteiger partial charge in [-0.1, -0.05) is 49.0 Å². The normalized spacial score (nSPS) is 12.1. The summed E-state index contributed by atoms with van der Waals surface area (Å²) >= 11 is 0. The number of hydrogen-bond acceptors (Lipinski definition) is 3. The van der Waals surface area contributed by atoms with Gasteiger partial charge in [-0.15, -0.1) is 0 Å². The molecule has 0 saturated carbocycles. The lowest BCUT2D eigenvalue weighted by Gasteiger charge is -2.14. The minimum Gasteiger partial charge on any atom is -0.466 e. The molecule has 0 aromatic heterocycles. The molecule has 0 aliphatic carbocycles. The van der Waals surface area contributed by atoms with E-state index in [-0.39, 0.29) is 5.57 Å². The van der Waals surface area contributed by atoms with E-state index in [1.807, 2.05) is 36.4 Å². The summed E-state index contributed by atoms with van der Waals surface area (Å²) in [4.78, 5) is 11.4. The lowest BCUT2D eigenvalue weighted by atomic mass is 9.96. The molecular formula is C15H14O3. The van der Waals surface area contributed by atoms with Crippen molar-refractivity contribution in [3.8, 4) is 0 Å². The highest BCUT2D eigenvalue weighted by atomic mass is 16.5. The maximum atomic E-state index is 11.4. The number of rotatable bonds is 3. The number of carbonyl (C=O) groups excluding carboxylic acids is 1. The molecular weight excluding hydrogens is 228 g/mol. The first kappa shape index (κ1) is 12.3. The van der Waals surface area contributed by atoms with Crippen molar-refractivity contribution < 1.29 is 14.6 Å². The highest BCUT2D eigenvalue weighted by Crippen LogP contribution is 2.28. The molecule has 18 heavy (non-hydrogen) atoms. The predicted octanol–water partition coefficient (Wildman–Crippen LogP) is 2.60. The Balaban J connectivity index is 2.48. The Labute approximate surface area is 105 Å². The van der Waals surface area contributed by atoms with Gasteiger partial charge in [0, 0.05) is 0 Å². The molecule has 0 fully saturated rings. The SMILES string of the molecule is C=C(C(=O)OC)[C@H](O)c1cccc2ccccc12. The fourth-order valence-electron chi connectivity index (χ4n) is 1.92. The third-order valence-electron chi connectivity index (χ3n) is 2.90. The summed E-state index contributed by atoms with van der Waals surface area (Å²) in [5.41, 5.74) is 0.692. The number of carbonyl (C=O) groups is 1. The summed E-state index contributed by atoms with van der Waals surface area (Å²) < 4.78 is 4.57. The van der Waals surface area contributed by atoms with Gasteiger partial charge in [-0.05, 0) is 16.3 Å². The van der Waals surface area contributed by atoms with E-state index in [1.165, 1.54) is 7.11 Å². The van der Waals surface area contributed by atoms with Crippen LogP contribution in [0.1, 0.15) is 11.7 Å². The van der Waals surface area contributed by atoms with E-state index in [4.69, 9.17) is 0 Å². The van der Waals surface area contributed by atoms with Crippen LogP contribution in [0, 0.1) is 0 Å². The van der Waals surface area contributed by atoms with Crippen molar-refractivity contribution in [2.75, 3.05) is 7.11 Å². The molecule has 92 valence electrons. The third kappa shape index (κ3) is 2.13. The van der Waals surface area contributed by atoms with Crippen LogP contribution in [0.15, 0.2) is 54.6 Å². The van der Waals surface area contributed by atoms with E-state index in [0.717, 1.165) is 10.8 Å². The van der Waals surface area contributed by atoms with Crippen LogP contribution in [0.2, 0.25) is 0 Å². The Hall–Kier alpha value is -2.13. The van der Waals surface area contributed by atoms with Gasteiger partial charge in [0.05, 0.1) is 12.7 Å². The van der Waals surface area contributed by atoms with Gasteiger partial charge < -0.3 is 9.84 Å². The van der Waals surface area contributed by atoms with Crippen LogP contribution in [0.4, 0.5) is 0 Å². The number of fused-ring (bicyclic) bond motifs is 1. The smallest absolute Gasteiger partial charge is 0.336 e. The van der Waals surface area contributed by atoms with Gasteiger partial charge >= 0.3 is 5.97 Å². The van der Waals surface area contributed by atoms with Gasteiger partial charge in [-0.2, -0.15) is 0 Å². The number of aliphatic hydroxyl groups is 1. The standard InChI is InChI=1S/C15H14O3/c1-10(15(17)18-2)14(16)13-9-5-7-11-6-3-4-8-12(11)13/h3-9,14,16H,1H2,2H3/t14-/m0/s1. The van der Waals surface area contributed by atoms with Crippen LogP contribution >= 0.6 is 0 Å². The van der Waals surface area contributed by atoms with Crippen LogP contribution < -0.4 is 0 Å². The summed E-state index contributed by atoms with van der Waals surface area (Å²) in [5, 5.41) is 12.1. The quantitative estimate of drug-likeness (QED) is 0.664. The van der Waals surface area contributed by atoms with E-state index in [9.17, 15) is 9.90 Å². The van der Waals surface area contributed by atoms with E-state index in [0.29, 0.717) is 5.56 Å². The number of methoxy groups -OCH3 is 1. The third-order valence-corrected chi connectivity index (χ3v) is 2.90. The number of hydrogen-bond donors (Lipinski definition) is 1. The second kappa shape index (κ2) is 5.02. The molecule has 0 aliphatic heterocycles. The summed E-state index contributed by atoms with van der Waals surface area (Å²) in [5.74, 6) is -0.601. The fraction of sp³-hybridized carbons (Fsp3) is 0.133. The van der Waals surface area contributed by atoms with Crippen molar-refractivity contribution >= 4 is 16.7 Å². The Morgan fingerprint density at radius 1 is 1.22 bits per heavy atom. The molecule has 2 aromatic carbocycles. The fourth-order valence-corrected chi connectivity index (χ4v) is 1.92. The lowest BCUT2D eigenvalue weighted by Crippen LogP contribution is -2.12. The Kier molecular flexibility index (Phi) is 3.44. The first-order valence-electron chi connectivity index (χ1n) is 5.58. The van der Waals surface area contributed by atoms with Gasteiger partial charge in [-0.3, -0.25) is 0 Å². The van der Waals surface area contributed by atoms with Crippen molar-refractivity contribution in [3.63, 3.8) is 0 Å². The molecule has 0 unspecified atom stereocenters. The zero-order chi connectivity index (χ0) is 13.1. The molecule has 0 heterocycles. The average molecular weight is 242 g/mol. The molecule has 0 aliphatic rings. The number of benzene rings is 2. The van der Waals surface area contributed by atoms with Gasteiger partial charge in [0.2, 0.25) is 0 Å². The number of ether oxygens (including phenoxy) is 1. The van der Waals surface area contributed by atoms with Gasteiger partial charge in [-0.25, -0.2) is 4.79 Å². The van der Waals surface area contributed by atoms with Crippen LogP contribution in [0.25, 0.3) is 10.8 Å². The van der Waals surface area contributed by atoms with E-state index >= 15 is 0 Å². The minimum atomic E-state index is -1.05. The molecule has 3 heteroatoms. The van der Waals surface area contributed by atoms with E-state index in [2.05, 4.69) is 11.3 Å². The Bertz CT molecular complexity index is 596. The minimum absolute atomic E-state index is 0.0360. The second-order valence-electron chi connectivity index (χ2n) is 3.99. The first-order chi connectivity index (χ1) is 8.65. The van der Waals surface area contributed by atoms with Crippen molar-refractivity contribution in [2.45, 2.75) is 6.10 Å². The molecule has 2 rings (SSSR count). The van der Waals surface area contributed by atoms with Gasteiger partial charge in [0.15, 0.2) is 0 Å². The molecule has 2 aromatic rings. The van der Waals surface area contributed by atoms with E-state index in [1.54, 1.807) is 6.07 Å². The summed E-state index contributed by atoms with van der Waals surface area (Å²) in [6.45, 7) is 3.58. The zero-order valence-electron chi connectivity index (χ0n) is 10.1. The summed E-state index contributed by atoms with van der Waals surface area (Å²) in [7, 11) is 1.27. The van der Waals surface area contributed by atoms with Crippen LogP contribution in [-0.4, -0.2) is 18.2 Å². The maximum Gasteiger partial charge on any atom is 0.336 e. The molecule has 0 bridgehead atoms. The first-order valence-corrected chi connectivity index (χ1v) is 5.58. The molecule has 0 amide bonds. The number of aliphatic hydroxyl groups excluding tert-OH is 1. The summed E-state index contributed by atoms with van der Waals surface area (Å²) in [6.07, 6.45) is -1.05. The molecule has 0 saturated heterocycles. The molecule has 1 N–H and O–H groups in total. The maximum absolute atomic E-state index is 11.4. The Morgan fingerprint density at radius 2 is 1.89 bits per heavy atom. The molecule has 3 nitrogen and oxygen atoms in total. The van der Waals surface area contributed by atoms with Crippen molar-refractivity contribution in [1.29, 1.82) is 0 Å². The monoisotopic (exact) mass is 242 g/mol. The number of esters is 1. The highest BCUT2D eigenvalue weighted by molar-refractivity contribution is 5.92. The largest absolute Gasteiger partial charge is 0.466 e. The van der Waals surface area contributed by atoms with Crippen LogP contribution in [-0.2, 0) is 9.53 Å². The van der Waals surface area contributed by atoms with Crippen molar-refractivity contribution in [1.82, 2.24) is 0 Å².